The first-order valence-electron chi connectivity index (χ1n) is 5.34. The largest absolute Gasteiger partial charge is 0.323 e. The van der Waals surface area contributed by atoms with Crippen molar-refractivity contribution in [3.8, 4) is 0 Å². The molecule has 0 bridgehead atoms. The van der Waals surface area contributed by atoms with Crippen molar-refractivity contribution < 1.29 is 13.6 Å². The molecule has 1 aromatic carbocycles. The van der Waals surface area contributed by atoms with Crippen LogP contribution >= 0.6 is 11.8 Å². The molecule has 0 saturated heterocycles. The van der Waals surface area contributed by atoms with Crippen LogP contribution < -0.4 is 5.32 Å². The first kappa shape index (κ1) is 13.5. The molecule has 1 aromatic heterocycles. The van der Waals surface area contributed by atoms with E-state index in [9.17, 15) is 13.6 Å². The molecule has 5 nitrogen and oxygen atoms in total. The predicted octanol–water partition coefficient (Wildman–Crippen LogP) is 2.20. The molecule has 0 aliphatic rings. The molecule has 0 aliphatic heterocycles. The van der Waals surface area contributed by atoms with E-state index in [0.717, 1.165) is 17.8 Å². The molecule has 1 amide bonds. The van der Waals surface area contributed by atoms with Crippen molar-refractivity contribution >= 4 is 23.4 Å². The molecule has 0 unspecified atom stereocenters. The van der Waals surface area contributed by atoms with Crippen LogP contribution in [-0.4, -0.2) is 26.3 Å². The summed E-state index contributed by atoms with van der Waals surface area (Å²) in [5.41, 5.74) is -0.0589. The highest BCUT2D eigenvalue weighted by molar-refractivity contribution is 8.00. The van der Waals surface area contributed by atoms with E-state index in [0.29, 0.717) is 11.2 Å². The molecule has 2 N–H and O–H groups in total. The molecule has 1 atom stereocenters. The molecule has 100 valence electrons. The van der Waals surface area contributed by atoms with Crippen molar-refractivity contribution in [2.45, 2.75) is 17.3 Å². The fourth-order valence-electron chi connectivity index (χ4n) is 1.30. The molecule has 2 rings (SSSR count). The van der Waals surface area contributed by atoms with Crippen LogP contribution in [0.3, 0.4) is 0 Å². The number of hydrogen-bond donors (Lipinski definition) is 2. The maximum Gasteiger partial charge on any atom is 0.237 e. The van der Waals surface area contributed by atoms with Crippen LogP contribution in [0, 0.1) is 11.6 Å². The predicted molar refractivity (Wildman–Crippen MR) is 66.7 cm³/mol. The summed E-state index contributed by atoms with van der Waals surface area (Å²) in [6.45, 7) is 1.64. The van der Waals surface area contributed by atoms with E-state index < -0.39 is 22.8 Å². The maximum absolute atomic E-state index is 13.4. The minimum Gasteiger partial charge on any atom is -0.323 e. The van der Waals surface area contributed by atoms with Gasteiger partial charge in [0, 0.05) is 6.07 Å². The van der Waals surface area contributed by atoms with Gasteiger partial charge in [0.05, 0.1) is 10.9 Å². The number of halogens is 2. The third kappa shape index (κ3) is 3.50. The Morgan fingerprint density at radius 2 is 2.26 bits per heavy atom. The summed E-state index contributed by atoms with van der Waals surface area (Å²) >= 11 is 1.15. The summed E-state index contributed by atoms with van der Waals surface area (Å²) < 4.78 is 26.1. The van der Waals surface area contributed by atoms with Gasteiger partial charge < -0.3 is 5.32 Å². The van der Waals surface area contributed by atoms with Crippen molar-refractivity contribution in [2.24, 2.45) is 0 Å². The standard InChI is InChI=1S/C11H10F2N4OS/c1-6(19-11-14-5-15-17-11)10(18)16-9-3-2-7(12)4-8(9)13/h2-6H,1H3,(H,16,18)(H,14,15,17)/t6-/m0/s1. The number of anilines is 1. The first-order valence-corrected chi connectivity index (χ1v) is 6.22. The smallest absolute Gasteiger partial charge is 0.237 e. The van der Waals surface area contributed by atoms with E-state index in [1.807, 2.05) is 0 Å². The molecule has 19 heavy (non-hydrogen) atoms. The van der Waals surface area contributed by atoms with E-state index in [2.05, 4.69) is 20.5 Å². The lowest BCUT2D eigenvalue weighted by Crippen LogP contribution is -2.23. The van der Waals surface area contributed by atoms with Crippen molar-refractivity contribution in [1.29, 1.82) is 0 Å². The van der Waals surface area contributed by atoms with Gasteiger partial charge in [-0.2, -0.15) is 5.10 Å². The molecule has 1 heterocycles. The van der Waals surface area contributed by atoms with Crippen LogP contribution in [0.15, 0.2) is 29.7 Å². The van der Waals surface area contributed by atoms with Crippen LogP contribution in [-0.2, 0) is 4.79 Å². The van der Waals surface area contributed by atoms with Gasteiger partial charge in [-0.05, 0) is 19.1 Å². The molecule has 8 heteroatoms. The average Bonchev–Trinajstić information content (AvgIpc) is 2.85. The molecule has 0 aliphatic carbocycles. The Hall–Kier alpha value is -1.96. The second-order valence-electron chi connectivity index (χ2n) is 3.66. The number of hydrogen-bond acceptors (Lipinski definition) is 4. The summed E-state index contributed by atoms with van der Waals surface area (Å²) in [6.07, 6.45) is 1.33. The van der Waals surface area contributed by atoms with Gasteiger partial charge in [0.15, 0.2) is 5.16 Å². The topological polar surface area (TPSA) is 70.7 Å². The minimum atomic E-state index is -0.815. The summed E-state index contributed by atoms with van der Waals surface area (Å²) in [5, 5.41) is 8.63. The quantitative estimate of drug-likeness (QED) is 0.844. The molecular formula is C11H10F2N4OS. The fraction of sp³-hybridized carbons (Fsp3) is 0.182. The van der Waals surface area contributed by atoms with E-state index in [-0.39, 0.29) is 5.69 Å². The number of nitrogens with one attached hydrogen (secondary N) is 2. The third-order valence-electron chi connectivity index (χ3n) is 2.24. The number of aromatic nitrogens is 3. The maximum atomic E-state index is 13.4. The number of nitrogens with zero attached hydrogens (tertiary/aromatic N) is 2. The second kappa shape index (κ2) is 5.79. The summed E-state index contributed by atoms with van der Waals surface area (Å²) in [4.78, 5) is 15.7. The Labute approximate surface area is 111 Å². The zero-order valence-corrected chi connectivity index (χ0v) is 10.7. The van der Waals surface area contributed by atoms with Crippen LogP contribution in [0.2, 0.25) is 0 Å². The highest BCUT2D eigenvalue weighted by atomic mass is 32.2. The van der Waals surface area contributed by atoms with Gasteiger partial charge >= 0.3 is 0 Å². The Morgan fingerprint density at radius 3 is 2.89 bits per heavy atom. The second-order valence-corrected chi connectivity index (χ2v) is 4.99. The number of amides is 1. The Balaban J connectivity index is 2.00. The number of carbonyl (C=O) groups excluding carboxylic acids is 1. The van der Waals surface area contributed by atoms with Gasteiger partial charge in [0.1, 0.15) is 18.0 Å². The minimum absolute atomic E-state index is 0.0589. The summed E-state index contributed by atoms with van der Waals surface area (Å²) in [7, 11) is 0. The Kier molecular flexibility index (Phi) is 4.10. The Bertz CT molecular complexity index is 576. The zero-order valence-electron chi connectivity index (χ0n) is 9.85. The molecule has 0 fully saturated rings. The molecule has 0 saturated carbocycles. The monoisotopic (exact) mass is 284 g/mol. The normalized spacial score (nSPS) is 12.2. The number of carbonyl (C=O) groups is 1. The highest BCUT2D eigenvalue weighted by Gasteiger charge is 2.17. The fourth-order valence-corrected chi connectivity index (χ4v) is 2.01. The van der Waals surface area contributed by atoms with Crippen LogP contribution in [0.25, 0.3) is 0 Å². The summed E-state index contributed by atoms with van der Waals surface area (Å²) in [5.74, 6) is -1.92. The Morgan fingerprint density at radius 1 is 1.47 bits per heavy atom. The van der Waals surface area contributed by atoms with Crippen molar-refractivity contribution in [3.63, 3.8) is 0 Å². The van der Waals surface area contributed by atoms with Crippen molar-refractivity contribution in [3.05, 3.63) is 36.2 Å². The van der Waals surface area contributed by atoms with Gasteiger partial charge in [-0.25, -0.2) is 13.8 Å². The first-order chi connectivity index (χ1) is 9.06. The van der Waals surface area contributed by atoms with Crippen molar-refractivity contribution in [2.75, 3.05) is 5.32 Å². The molecule has 0 spiro atoms. The average molecular weight is 284 g/mol. The van der Waals surface area contributed by atoms with E-state index in [1.54, 1.807) is 6.92 Å². The van der Waals surface area contributed by atoms with Gasteiger partial charge in [0.25, 0.3) is 0 Å². The third-order valence-corrected chi connectivity index (χ3v) is 3.23. The number of benzene rings is 1. The SMILES string of the molecule is C[C@H](Sc1ncn[nH]1)C(=O)Nc1ccc(F)cc1F. The number of thioether (sulfide) groups is 1. The lowest BCUT2D eigenvalue weighted by atomic mass is 10.3. The number of rotatable bonds is 4. The summed E-state index contributed by atoms with van der Waals surface area (Å²) in [6, 6.07) is 2.96. The van der Waals surface area contributed by atoms with Crippen LogP contribution in [0.4, 0.5) is 14.5 Å². The van der Waals surface area contributed by atoms with Gasteiger partial charge in [-0.1, -0.05) is 11.8 Å². The number of aromatic amines is 1. The lowest BCUT2D eigenvalue weighted by molar-refractivity contribution is -0.115. The van der Waals surface area contributed by atoms with Gasteiger partial charge in [-0.3, -0.25) is 9.89 Å². The highest BCUT2D eigenvalue weighted by Crippen LogP contribution is 2.21. The number of H-pyrrole nitrogens is 1. The van der Waals surface area contributed by atoms with Gasteiger partial charge in [-0.15, -0.1) is 0 Å². The van der Waals surface area contributed by atoms with Crippen LogP contribution in [0.5, 0.6) is 0 Å². The zero-order chi connectivity index (χ0) is 13.8. The molecule has 0 radical (unpaired) electrons. The van der Waals surface area contributed by atoms with Crippen molar-refractivity contribution in [1.82, 2.24) is 15.2 Å². The lowest BCUT2D eigenvalue weighted by Gasteiger charge is -2.10. The molecule has 2 aromatic rings. The van der Waals surface area contributed by atoms with Crippen LogP contribution in [0.1, 0.15) is 6.92 Å². The van der Waals surface area contributed by atoms with E-state index in [1.165, 1.54) is 12.4 Å². The van der Waals surface area contributed by atoms with Gasteiger partial charge in [0.2, 0.25) is 5.91 Å². The molecular weight excluding hydrogens is 274 g/mol. The van der Waals surface area contributed by atoms with E-state index in [4.69, 9.17) is 0 Å². The van der Waals surface area contributed by atoms with E-state index >= 15 is 0 Å².